The van der Waals surface area contributed by atoms with Crippen molar-refractivity contribution in [3.63, 3.8) is 0 Å². The molecule has 0 aliphatic carbocycles. The molecule has 0 radical (unpaired) electrons. The number of hydrogen-bond acceptors (Lipinski definition) is 4. The Morgan fingerprint density at radius 2 is 1.67 bits per heavy atom. The van der Waals surface area contributed by atoms with E-state index in [9.17, 15) is 4.79 Å². The highest BCUT2D eigenvalue weighted by Gasteiger charge is 2.17. The number of nitrogens with one attached hydrogen (secondary N) is 1. The molecule has 1 atom stereocenters. The molecule has 0 bridgehead atoms. The predicted octanol–water partition coefficient (Wildman–Crippen LogP) is 3.94. The predicted molar refractivity (Wildman–Crippen MR) is 106 cm³/mol. The summed E-state index contributed by atoms with van der Waals surface area (Å²) >= 11 is 0. The second-order valence-electron chi connectivity index (χ2n) is 7.19. The minimum absolute atomic E-state index is 0.0684. The van der Waals surface area contributed by atoms with Gasteiger partial charge in [0.2, 0.25) is 0 Å². The minimum atomic E-state index is -0.111. The molecule has 2 aliphatic heterocycles. The van der Waals surface area contributed by atoms with E-state index in [0.29, 0.717) is 30.3 Å². The normalized spacial score (nSPS) is 17.3. The third-order valence-electron chi connectivity index (χ3n) is 5.27. The van der Waals surface area contributed by atoms with Crippen LogP contribution >= 0.6 is 0 Å². The summed E-state index contributed by atoms with van der Waals surface area (Å²) in [6, 6.07) is 13.8. The first-order chi connectivity index (χ1) is 13.2. The number of anilines is 1. The molecule has 0 spiro atoms. The van der Waals surface area contributed by atoms with E-state index in [1.807, 2.05) is 6.92 Å². The van der Waals surface area contributed by atoms with Gasteiger partial charge in [0.1, 0.15) is 13.2 Å². The maximum absolute atomic E-state index is 12.6. The number of hydrogen-bond donors (Lipinski definition) is 1. The summed E-state index contributed by atoms with van der Waals surface area (Å²) in [5.74, 6) is 1.21. The van der Waals surface area contributed by atoms with E-state index in [1.165, 1.54) is 24.9 Å². The van der Waals surface area contributed by atoms with Gasteiger partial charge in [0, 0.05) is 24.3 Å². The number of rotatable bonds is 4. The summed E-state index contributed by atoms with van der Waals surface area (Å²) in [4.78, 5) is 15.0. The molecule has 4 rings (SSSR count). The SMILES string of the molecule is C[C@@H](NC(=O)c1ccc2c(c1)OCCO2)c1ccc(N2CCCCC2)cc1. The summed E-state index contributed by atoms with van der Waals surface area (Å²) in [5.41, 5.74) is 2.95. The topological polar surface area (TPSA) is 50.8 Å². The lowest BCUT2D eigenvalue weighted by Gasteiger charge is -2.29. The molecule has 0 saturated carbocycles. The second-order valence-corrected chi connectivity index (χ2v) is 7.19. The summed E-state index contributed by atoms with van der Waals surface area (Å²) in [5, 5.41) is 3.07. The highest BCUT2D eigenvalue weighted by Crippen LogP contribution is 2.31. The highest BCUT2D eigenvalue weighted by molar-refractivity contribution is 5.95. The molecular formula is C22H26N2O3. The maximum Gasteiger partial charge on any atom is 0.251 e. The van der Waals surface area contributed by atoms with E-state index < -0.39 is 0 Å². The molecule has 1 fully saturated rings. The molecule has 2 aliphatic rings. The Kier molecular flexibility index (Phi) is 5.19. The molecule has 5 heteroatoms. The van der Waals surface area contributed by atoms with E-state index in [1.54, 1.807) is 18.2 Å². The molecule has 2 aromatic carbocycles. The number of fused-ring (bicyclic) bond motifs is 1. The van der Waals surface area contributed by atoms with Gasteiger partial charge in [-0.15, -0.1) is 0 Å². The van der Waals surface area contributed by atoms with Gasteiger partial charge in [-0.3, -0.25) is 4.79 Å². The molecule has 2 heterocycles. The van der Waals surface area contributed by atoms with Crippen LogP contribution in [-0.4, -0.2) is 32.2 Å². The van der Waals surface area contributed by atoms with Crippen molar-refractivity contribution in [2.75, 3.05) is 31.2 Å². The van der Waals surface area contributed by atoms with Gasteiger partial charge in [-0.05, 0) is 62.1 Å². The van der Waals surface area contributed by atoms with Crippen LogP contribution in [0.15, 0.2) is 42.5 Å². The fourth-order valence-electron chi connectivity index (χ4n) is 3.67. The molecule has 1 N–H and O–H groups in total. The van der Waals surface area contributed by atoms with Crippen LogP contribution < -0.4 is 19.7 Å². The summed E-state index contributed by atoms with van der Waals surface area (Å²) < 4.78 is 11.1. The van der Waals surface area contributed by atoms with E-state index in [0.717, 1.165) is 18.7 Å². The quantitative estimate of drug-likeness (QED) is 0.890. The van der Waals surface area contributed by atoms with Crippen molar-refractivity contribution in [2.45, 2.75) is 32.2 Å². The van der Waals surface area contributed by atoms with E-state index >= 15 is 0 Å². The number of nitrogens with zero attached hydrogens (tertiary/aromatic N) is 1. The van der Waals surface area contributed by atoms with Crippen LogP contribution in [0.25, 0.3) is 0 Å². The van der Waals surface area contributed by atoms with Crippen molar-refractivity contribution in [3.05, 3.63) is 53.6 Å². The number of amides is 1. The largest absolute Gasteiger partial charge is 0.486 e. The van der Waals surface area contributed by atoms with Gasteiger partial charge in [0.05, 0.1) is 6.04 Å². The lowest BCUT2D eigenvalue weighted by Crippen LogP contribution is -2.29. The van der Waals surface area contributed by atoms with Crippen molar-refractivity contribution >= 4 is 11.6 Å². The standard InChI is InChI=1S/C22H26N2O3/c1-16(17-5-8-19(9-6-17)24-11-3-2-4-12-24)23-22(25)18-7-10-20-21(15-18)27-14-13-26-20/h5-10,15-16H,2-4,11-14H2,1H3,(H,23,25)/t16-/m1/s1. The Hall–Kier alpha value is -2.69. The van der Waals surface area contributed by atoms with Crippen LogP contribution in [0.4, 0.5) is 5.69 Å². The summed E-state index contributed by atoms with van der Waals surface area (Å²) in [7, 11) is 0. The first-order valence-corrected chi connectivity index (χ1v) is 9.76. The van der Waals surface area contributed by atoms with Gasteiger partial charge in [-0.1, -0.05) is 12.1 Å². The fraction of sp³-hybridized carbons (Fsp3) is 0.409. The minimum Gasteiger partial charge on any atom is -0.486 e. The Morgan fingerprint density at radius 1 is 0.963 bits per heavy atom. The van der Waals surface area contributed by atoms with Gasteiger partial charge < -0.3 is 19.7 Å². The van der Waals surface area contributed by atoms with Crippen molar-refractivity contribution in [2.24, 2.45) is 0 Å². The molecule has 0 unspecified atom stereocenters. The third-order valence-corrected chi connectivity index (χ3v) is 5.27. The van der Waals surface area contributed by atoms with Crippen molar-refractivity contribution < 1.29 is 14.3 Å². The van der Waals surface area contributed by atoms with Crippen LogP contribution in [0.1, 0.15) is 48.1 Å². The van der Waals surface area contributed by atoms with Gasteiger partial charge >= 0.3 is 0 Å². The van der Waals surface area contributed by atoms with Crippen molar-refractivity contribution in [3.8, 4) is 11.5 Å². The molecular weight excluding hydrogens is 340 g/mol. The average Bonchev–Trinajstić information content (AvgIpc) is 2.74. The summed E-state index contributed by atoms with van der Waals surface area (Å²) in [6.45, 7) is 5.33. The lowest BCUT2D eigenvalue weighted by atomic mass is 10.1. The van der Waals surface area contributed by atoms with E-state index in [-0.39, 0.29) is 11.9 Å². The van der Waals surface area contributed by atoms with Gasteiger partial charge in [-0.25, -0.2) is 0 Å². The Balaban J connectivity index is 1.40. The summed E-state index contributed by atoms with van der Waals surface area (Å²) in [6.07, 6.45) is 3.87. The van der Waals surface area contributed by atoms with Crippen molar-refractivity contribution in [1.29, 1.82) is 0 Å². The molecule has 142 valence electrons. The Bertz CT molecular complexity index is 798. The number of piperidine rings is 1. The van der Waals surface area contributed by atoms with Gasteiger partial charge in [0.25, 0.3) is 5.91 Å². The molecule has 27 heavy (non-hydrogen) atoms. The average molecular weight is 366 g/mol. The van der Waals surface area contributed by atoms with Crippen LogP contribution in [0, 0.1) is 0 Å². The van der Waals surface area contributed by atoms with Crippen LogP contribution in [0.3, 0.4) is 0 Å². The Labute approximate surface area is 160 Å². The first kappa shape index (κ1) is 17.7. The number of benzene rings is 2. The molecule has 5 nitrogen and oxygen atoms in total. The molecule has 1 amide bonds. The molecule has 2 aromatic rings. The van der Waals surface area contributed by atoms with Crippen LogP contribution in [0.2, 0.25) is 0 Å². The number of carbonyl (C=O) groups excluding carboxylic acids is 1. The van der Waals surface area contributed by atoms with Gasteiger partial charge in [-0.2, -0.15) is 0 Å². The zero-order valence-electron chi connectivity index (χ0n) is 15.7. The smallest absolute Gasteiger partial charge is 0.251 e. The molecule has 1 saturated heterocycles. The van der Waals surface area contributed by atoms with Gasteiger partial charge in [0.15, 0.2) is 11.5 Å². The first-order valence-electron chi connectivity index (χ1n) is 9.76. The Morgan fingerprint density at radius 3 is 2.41 bits per heavy atom. The highest BCUT2D eigenvalue weighted by atomic mass is 16.6. The zero-order chi connectivity index (χ0) is 18.6. The molecule has 0 aromatic heterocycles. The number of carbonyl (C=O) groups is 1. The van der Waals surface area contributed by atoms with E-state index in [4.69, 9.17) is 9.47 Å². The zero-order valence-corrected chi connectivity index (χ0v) is 15.7. The third kappa shape index (κ3) is 4.02. The van der Waals surface area contributed by atoms with Crippen LogP contribution in [-0.2, 0) is 0 Å². The van der Waals surface area contributed by atoms with Crippen LogP contribution in [0.5, 0.6) is 11.5 Å². The van der Waals surface area contributed by atoms with E-state index in [2.05, 4.69) is 34.5 Å². The second kappa shape index (κ2) is 7.91. The monoisotopic (exact) mass is 366 g/mol. The number of ether oxygens (including phenoxy) is 2. The fourth-order valence-corrected chi connectivity index (χ4v) is 3.67. The maximum atomic E-state index is 12.6. The van der Waals surface area contributed by atoms with Crippen molar-refractivity contribution in [1.82, 2.24) is 5.32 Å². The lowest BCUT2D eigenvalue weighted by molar-refractivity contribution is 0.0938.